The van der Waals surface area contributed by atoms with Gasteiger partial charge in [0, 0.05) is 23.9 Å². The molecule has 0 aliphatic heterocycles. The molecule has 0 aromatic heterocycles. The van der Waals surface area contributed by atoms with Gasteiger partial charge in [0.25, 0.3) is 17.5 Å². The molecular weight excluding hydrogens is 389 g/mol. The standard InChI is InChI=1S/C22H16FN3O4/c23-17-10-8-16(9-11-17)21(27)25-20-7-2-1-6-19(20)22(28)24-13-12-15-4-3-5-18(14-15)26(29)30/h1-14H,(H,24,28)(H,25,27). The molecule has 2 N–H and O–H groups in total. The van der Waals surface area contributed by atoms with Crippen LogP contribution < -0.4 is 10.6 Å². The molecule has 3 rings (SSSR count). The summed E-state index contributed by atoms with van der Waals surface area (Å²) in [5, 5.41) is 16.0. The number of hydrogen-bond acceptors (Lipinski definition) is 4. The Morgan fingerprint density at radius 2 is 1.67 bits per heavy atom. The van der Waals surface area contributed by atoms with Gasteiger partial charge in [-0.2, -0.15) is 0 Å². The molecule has 0 bridgehead atoms. The normalized spacial score (nSPS) is 10.6. The number of halogens is 1. The first kappa shape index (κ1) is 20.4. The summed E-state index contributed by atoms with van der Waals surface area (Å²) < 4.78 is 13.0. The highest BCUT2D eigenvalue weighted by atomic mass is 19.1. The van der Waals surface area contributed by atoms with Gasteiger partial charge in [-0.1, -0.05) is 24.3 Å². The number of nitro benzene ring substituents is 1. The number of nitro groups is 1. The lowest BCUT2D eigenvalue weighted by Crippen LogP contribution is -2.21. The van der Waals surface area contributed by atoms with Crippen molar-refractivity contribution in [1.29, 1.82) is 0 Å². The Morgan fingerprint density at radius 3 is 2.40 bits per heavy atom. The van der Waals surface area contributed by atoms with Crippen LogP contribution in [0.15, 0.2) is 79.0 Å². The summed E-state index contributed by atoms with van der Waals surface area (Å²) in [6, 6.07) is 17.4. The van der Waals surface area contributed by atoms with Crippen molar-refractivity contribution < 1.29 is 18.9 Å². The third kappa shape index (κ3) is 5.14. The van der Waals surface area contributed by atoms with E-state index in [1.54, 1.807) is 30.3 Å². The molecule has 0 unspecified atom stereocenters. The number of nitrogens with zero attached hydrogens (tertiary/aromatic N) is 1. The average molecular weight is 405 g/mol. The first-order valence-electron chi connectivity index (χ1n) is 8.82. The topological polar surface area (TPSA) is 101 Å². The lowest BCUT2D eigenvalue weighted by atomic mass is 10.1. The van der Waals surface area contributed by atoms with Crippen LogP contribution in [0, 0.1) is 15.9 Å². The zero-order valence-corrected chi connectivity index (χ0v) is 15.5. The van der Waals surface area contributed by atoms with Crippen LogP contribution >= 0.6 is 0 Å². The second kappa shape index (κ2) is 9.24. The third-order valence-corrected chi connectivity index (χ3v) is 4.10. The van der Waals surface area contributed by atoms with Gasteiger partial charge in [-0.15, -0.1) is 0 Å². The van der Waals surface area contributed by atoms with Crippen LogP contribution in [-0.2, 0) is 0 Å². The number of rotatable bonds is 6. The van der Waals surface area contributed by atoms with Gasteiger partial charge in [0.05, 0.1) is 16.2 Å². The van der Waals surface area contributed by atoms with Crippen molar-refractivity contribution in [1.82, 2.24) is 5.32 Å². The Bertz CT molecular complexity index is 1130. The molecule has 0 atom stereocenters. The molecule has 2 amide bonds. The number of anilines is 1. The Labute approximate surface area is 171 Å². The summed E-state index contributed by atoms with van der Waals surface area (Å²) in [6.07, 6.45) is 2.88. The number of non-ortho nitro benzene ring substituents is 1. The summed E-state index contributed by atoms with van der Waals surface area (Å²) in [6.45, 7) is 0. The van der Waals surface area contributed by atoms with E-state index in [1.807, 2.05) is 0 Å². The van der Waals surface area contributed by atoms with Crippen LogP contribution in [0.3, 0.4) is 0 Å². The molecule has 0 radical (unpaired) electrons. The number of carbonyl (C=O) groups is 2. The maximum Gasteiger partial charge on any atom is 0.270 e. The number of nitrogens with one attached hydrogen (secondary N) is 2. The molecule has 3 aromatic carbocycles. The first-order chi connectivity index (χ1) is 14.4. The molecular formula is C22H16FN3O4. The zero-order valence-electron chi connectivity index (χ0n) is 15.5. The monoisotopic (exact) mass is 405 g/mol. The van der Waals surface area contributed by atoms with Crippen LogP contribution in [0.1, 0.15) is 26.3 Å². The van der Waals surface area contributed by atoms with E-state index < -0.39 is 22.6 Å². The number of benzene rings is 3. The van der Waals surface area contributed by atoms with Crippen molar-refractivity contribution >= 4 is 29.3 Å². The van der Waals surface area contributed by atoms with E-state index in [9.17, 15) is 24.1 Å². The molecule has 0 aliphatic rings. The quantitative estimate of drug-likeness (QED) is 0.469. The zero-order chi connectivity index (χ0) is 21.5. The molecule has 30 heavy (non-hydrogen) atoms. The van der Waals surface area contributed by atoms with Gasteiger partial charge in [0.15, 0.2) is 0 Å². The van der Waals surface area contributed by atoms with E-state index in [0.29, 0.717) is 5.56 Å². The maximum atomic E-state index is 13.0. The number of carbonyl (C=O) groups excluding carboxylic acids is 2. The van der Waals surface area contributed by atoms with Crippen LogP contribution in [0.5, 0.6) is 0 Å². The minimum atomic E-state index is -0.504. The second-order valence-electron chi connectivity index (χ2n) is 6.17. The molecule has 0 aliphatic carbocycles. The van der Waals surface area contributed by atoms with Crippen LogP contribution in [-0.4, -0.2) is 16.7 Å². The predicted octanol–water partition coefficient (Wildman–Crippen LogP) is 4.39. The summed E-state index contributed by atoms with van der Waals surface area (Å²) in [5.41, 5.74) is 1.24. The number of amides is 2. The fourth-order valence-electron chi connectivity index (χ4n) is 2.62. The van der Waals surface area contributed by atoms with E-state index in [-0.39, 0.29) is 22.5 Å². The molecule has 0 saturated carbocycles. The van der Waals surface area contributed by atoms with Crippen LogP contribution in [0.2, 0.25) is 0 Å². The molecule has 8 heteroatoms. The van der Waals surface area contributed by atoms with Crippen molar-refractivity contribution in [2.45, 2.75) is 0 Å². The van der Waals surface area contributed by atoms with Gasteiger partial charge >= 0.3 is 0 Å². The molecule has 0 heterocycles. The third-order valence-electron chi connectivity index (χ3n) is 4.10. The van der Waals surface area contributed by atoms with Crippen LogP contribution in [0.25, 0.3) is 6.08 Å². The summed E-state index contributed by atoms with van der Waals surface area (Å²) >= 11 is 0. The Kier molecular flexibility index (Phi) is 6.29. The molecule has 0 fully saturated rings. The van der Waals surface area contributed by atoms with Gasteiger partial charge in [0.1, 0.15) is 5.82 Å². The summed E-state index contributed by atoms with van der Waals surface area (Å²) in [7, 11) is 0. The second-order valence-corrected chi connectivity index (χ2v) is 6.17. The number of hydrogen-bond donors (Lipinski definition) is 2. The predicted molar refractivity (Wildman–Crippen MR) is 110 cm³/mol. The highest BCUT2D eigenvalue weighted by Gasteiger charge is 2.13. The smallest absolute Gasteiger partial charge is 0.270 e. The summed E-state index contributed by atoms with van der Waals surface area (Å²) in [4.78, 5) is 35.2. The van der Waals surface area contributed by atoms with E-state index in [4.69, 9.17) is 0 Å². The molecule has 0 saturated heterocycles. The maximum absolute atomic E-state index is 13.0. The van der Waals surface area contributed by atoms with E-state index >= 15 is 0 Å². The minimum Gasteiger partial charge on any atom is -0.329 e. The van der Waals surface area contributed by atoms with E-state index in [1.165, 1.54) is 54.7 Å². The van der Waals surface area contributed by atoms with E-state index in [0.717, 1.165) is 0 Å². The molecule has 0 spiro atoms. The fourth-order valence-corrected chi connectivity index (χ4v) is 2.62. The van der Waals surface area contributed by atoms with Crippen molar-refractivity contribution in [3.8, 4) is 0 Å². The molecule has 150 valence electrons. The molecule has 3 aromatic rings. The largest absolute Gasteiger partial charge is 0.329 e. The average Bonchev–Trinajstić information content (AvgIpc) is 2.74. The van der Waals surface area contributed by atoms with Crippen LogP contribution in [0.4, 0.5) is 15.8 Å². The van der Waals surface area contributed by atoms with Gasteiger partial charge in [0.2, 0.25) is 0 Å². The number of para-hydroxylation sites is 1. The Balaban J connectivity index is 1.71. The van der Waals surface area contributed by atoms with Gasteiger partial charge in [-0.05, 0) is 48.0 Å². The van der Waals surface area contributed by atoms with Gasteiger partial charge in [-0.25, -0.2) is 4.39 Å². The highest BCUT2D eigenvalue weighted by molar-refractivity contribution is 6.09. The fraction of sp³-hybridized carbons (Fsp3) is 0. The van der Waals surface area contributed by atoms with Crippen molar-refractivity contribution in [3.63, 3.8) is 0 Å². The SMILES string of the molecule is O=C(Nc1ccccc1C(=O)NC=Cc1cccc([N+](=O)[O-])c1)c1ccc(F)cc1. The Hall–Kier alpha value is -4.33. The highest BCUT2D eigenvalue weighted by Crippen LogP contribution is 2.17. The summed E-state index contributed by atoms with van der Waals surface area (Å²) in [5.74, 6) is -1.42. The van der Waals surface area contributed by atoms with Crippen molar-refractivity contribution in [2.75, 3.05) is 5.32 Å². The first-order valence-corrected chi connectivity index (χ1v) is 8.82. The molecule has 7 nitrogen and oxygen atoms in total. The lowest BCUT2D eigenvalue weighted by molar-refractivity contribution is -0.384. The Morgan fingerprint density at radius 1 is 0.933 bits per heavy atom. The van der Waals surface area contributed by atoms with Crippen molar-refractivity contribution in [2.24, 2.45) is 0 Å². The lowest BCUT2D eigenvalue weighted by Gasteiger charge is -2.10. The van der Waals surface area contributed by atoms with Crippen molar-refractivity contribution in [3.05, 3.63) is 112 Å². The minimum absolute atomic E-state index is 0.0580. The van der Waals surface area contributed by atoms with Gasteiger partial charge < -0.3 is 10.6 Å². The van der Waals surface area contributed by atoms with Gasteiger partial charge in [-0.3, -0.25) is 19.7 Å². The van der Waals surface area contributed by atoms with E-state index in [2.05, 4.69) is 10.6 Å².